The average Bonchev–Trinajstić information content (AvgIpc) is 2.67. The Hall–Kier alpha value is -3.42. The van der Waals surface area contributed by atoms with Gasteiger partial charge in [-0.15, -0.1) is 0 Å². The zero-order valence-corrected chi connectivity index (χ0v) is 14.8. The van der Waals surface area contributed by atoms with Crippen molar-refractivity contribution in [3.05, 3.63) is 48.3 Å². The van der Waals surface area contributed by atoms with Gasteiger partial charge >= 0.3 is 0 Å². The van der Waals surface area contributed by atoms with Crippen molar-refractivity contribution >= 4 is 23.2 Å². The summed E-state index contributed by atoms with van der Waals surface area (Å²) >= 11 is 0. The third-order valence-corrected chi connectivity index (χ3v) is 3.37. The van der Waals surface area contributed by atoms with Crippen LogP contribution >= 0.6 is 0 Å². The first kappa shape index (κ1) is 18.9. The van der Waals surface area contributed by atoms with Gasteiger partial charge in [0.1, 0.15) is 11.5 Å². The lowest BCUT2D eigenvalue weighted by Gasteiger charge is -2.11. The fraction of sp³-hybridized carbons (Fsp3) is 0.222. The van der Waals surface area contributed by atoms with E-state index in [2.05, 4.69) is 20.8 Å². The maximum absolute atomic E-state index is 12.2. The zero-order chi connectivity index (χ0) is 18.9. The van der Waals surface area contributed by atoms with Crippen LogP contribution in [0.1, 0.15) is 23.7 Å². The van der Waals surface area contributed by atoms with E-state index in [4.69, 9.17) is 9.47 Å². The minimum absolute atomic E-state index is 0.0164. The van der Waals surface area contributed by atoms with Gasteiger partial charge in [-0.25, -0.2) is 5.43 Å². The van der Waals surface area contributed by atoms with E-state index in [1.165, 1.54) is 13.3 Å². The van der Waals surface area contributed by atoms with Gasteiger partial charge in [-0.2, -0.15) is 5.10 Å². The highest BCUT2D eigenvalue weighted by molar-refractivity contribution is 6.06. The summed E-state index contributed by atoms with van der Waals surface area (Å²) in [4.78, 5) is 27.9. The highest BCUT2D eigenvalue weighted by Crippen LogP contribution is 2.29. The number of nitrogens with zero attached hydrogens (tertiary/aromatic N) is 2. The number of anilines is 1. The molecular formula is C18H20N4O4. The summed E-state index contributed by atoms with van der Waals surface area (Å²) in [5.74, 6) is 0.424. The van der Waals surface area contributed by atoms with Crippen LogP contribution in [0, 0.1) is 0 Å². The number of nitrogens with one attached hydrogen (secondary N) is 2. The van der Waals surface area contributed by atoms with E-state index >= 15 is 0 Å². The standard InChI is InChI=1S/C18H20N4O4/c1-12(21-22-18(24)13-5-4-8-19-11-13)9-17(23)20-15-7-6-14(25-2)10-16(15)26-3/h4-8,10-11H,9H2,1-3H3,(H,20,23)(H,22,24)/b21-12+. The van der Waals surface area contributed by atoms with Crippen LogP contribution in [0.15, 0.2) is 47.8 Å². The van der Waals surface area contributed by atoms with Crippen molar-refractivity contribution in [1.29, 1.82) is 0 Å². The van der Waals surface area contributed by atoms with Gasteiger partial charge in [0.15, 0.2) is 0 Å². The molecule has 0 aliphatic heterocycles. The zero-order valence-electron chi connectivity index (χ0n) is 14.8. The molecule has 2 N–H and O–H groups in total. The summed E-state index contributed by atoms with van der Waals surface area (Å²) < 4.78 is 10.3. The Balaban J connectivity index is 1.93. The summed E-state index contributed by atoms with van der Waals surface area (Å²) in [6, 6.07) is 8.35. The molecule has 1 aromatic heterocycles. The maximum Gasteiger partial charge on any atom is 0.272 e. The number of aromatic nitrogens is 1. The second-order valence-corrected chi connectivity index (χ2v) is 5.32. The number of hydrogen-bond donors (Lipinski definition) is 2. The molecule has 0 radical (unpaired) electrons. The molecule has 0 saturated carbocycles. The minimum atomic E-state index is -0.394. The Bertz CT molecular complexity index is 806. The molecule has 1 aromatic carbocycles. The van der Waals surface area contributed by atoms with Crippen LogP contribution in [0.4, 0.5) is 5.69 Å². The molecule has 0 fully saturated rings. The van der Waals surface area contributed by atoms with Crippen molar-refractivity contribution in [3.63, 3.8) is 0 Å². The van der Waals surface area contributed by atoms with E-state index in [1.54, 1.807) is 50.6 Å². The van der Waals surface area contributed by atoms with Gasteiger partial charge in [-0.1, -0.05) is 0 Å². The summed E-state index contributed by atoms with van der Waals surface area (Å²) in [7, 11) is 3.05. The fourth-order valence-electron chi connectivity index (χ4n) is 2.08. The minimum Gasteiger partial charge on any atom is -0.497 e. The number of amides is 2. The summed E-state index contributed by atoms with van der Waals surface area (Å²) in [6.07, 6.45) is 3.02. The van der Waals surface area contributed by atoms with Gasteiger partial charge in [0.25, 0.3) is 5.91 Å². The normalized spacial score (nSPS) is 10.8. The molecule has 2 rings (SSSR count). The SMILES string of the molecule is COc1ccc(NC(=O)C/C(C)=N/NC(=O)c2cccnc2)c(OC)c1. The van der Waals surface area contributed by atoms with Gasteiger partial charge in [0, 0.05) is 24.2 Å². The monoisotopic (exact) mass is 356 g/mol. The molecular weight excluding hydrogens is 336 g/mol. The Kier molecular flexibility index (Phi) is 6.67. The second kappa shape index (κ2) is 9.16. The van der Waals surface area contributed by atoms with E-state index in [0.29, 0.717) is 28.5 Å². The molecule has 2 amide bonds. The number of methoxy groups -OCH3 is 2. The van der Waals surface area contributed by atoms with Crippen molar-refractivity contribution in [2.75, 3.05) is 19.5 Å². The van der Waals surface area contributed by atoms with Crippen LogP contribution in [0.5, 0.6) is 11.5 Å². The second-order valence-electron chi connectivity index (χ2n) is 5.32. The molecule has 0 unspecified atom stereocenters. The van der Waals surface area contributed by atoms with Crippen LogP contribution in [0.3, 0.4) is 0 Å². The van der Waals surface area contributed by atoms with E-state index in [9.17, 15) is 9.59 Å². The first-order chi connectivity index (χ1) is 12.5. The lowest BCUT2D eigenvalue weighted by Crippen LogP contribution is -2.21. The number of hydrazone groups is 1. The smallest absolute Gasteiger partial charge is 0.272 e. The van der Waals surface area contributed by atoms with Gasteiger partial charge in [-0.3, -0.25) is 14.6 Å². The first-order valence-electron chi connectivity index (χ1n) is 7.79. The number of pyridine rings is 1. The molecule has 0 bridgehead atoms. The van der Waals surface area contributed by atoms with Gasteiger partial charge in [0.05, 0.1) is 31.9 Å². The first-order valence-corrected chi connectivity index (χ1v) is 7.79. The van der Waals surface area contributed by atoms with Crippen molar-refractivity contribution in [3.8, 4) is 11.5 Å². The molecule has 26 heavy (non-hydrogen) atoms. The Morgan fingerprint density at radius 3 is 2.65 bits per heavy atom. The number of ether oxygens (including phenoxy) is 2. The molecule has 0 aliphatic carbocycles. The quantitative estimate of drug-likeness (QED) is 0.585. The van der Waals surface area contributed by atoms with Crippen LogP contribution in [-0.4, -0.2) is 36.7 Å². The fourth-order valence-corrected chi connectivity index (χ4v) is 2.08. The lowest BCUT2D eigenvalue weighted by molar-refractivity contribution is -0.115. The number of hydrogen-bond acceptors (Lipinski definition) is 6. The number of carbonyl (C=O) groups excluding carboxylic acids is 2. The van der Waals surface area contributed by atoms with Crippen molar-refractivity contribution < 1.29 is 19.1 Å². The topological polar surface area (TPSA) is 102 Å². The van der Waals surface area contributed by atoms with Crippen molar-refractivity contribution in [2.45, 2.75) is 13.3 Å². The van der Waals surface area contributed by atoms with E-state index in [0.717, 1.165) is 0 Å². The van der Waals surface area contributed by atoms with Gasteiger partial charge in [-0.05, 0) is 31.2 Å². The highest BCUT2D eigenvalue weighted by Gasteiger charge is 2.10. The van der Waals surface area contributed by atoms with Crippen molar-refractivity contribution in [1.82, 2.24) is 10.4 Å². The predicted octanol–water partition coefficient (Wildman–Crippen LogP) is 2.23. The molecule has 0 saturated heterocycles. The summed E-state index contributed by atoms with van der Waals surface area (Å²) in [5, 5.41) is 6.67. The molecule has 8 heteroatoms. The average molecular weight is 356 g/mol. The Morgan fingerprint density at radius 2 is 2.00 bits per heavy atom. The van der Waals surface area contributed by atoms with E-state index in [1.807, 2.05) is 0 Å². The molecule has 2 aromatic rings. The van der Waals surface area contributed by atoms with Crippen LogP contribution in [0.25, 0.3) is 0 Å². The largest absolute Gasteiger partial charge is 0.497 e. The van der Waals surface area contributed by atoms with Crippen molar-refractivity contribution in [2.24, 2.45) is 5.10 Å². The Labute approximate surface area is 151 Å². The molecule has 1 heterocycles. The molecule has 0 aliphatic rings. The lowest BCUT2D eigenvalue weighted by atomic mass is 10.2. The third-order valence-electron chi connectivity index (χ3n) is 3.37. The summed E-state index contributed by atoms with van der Waals surface area (Å²) in [6.45, 7) is 1.65. The molecule has 136 valence electrons. The van der Waals surface area contributed by atoms with E-state index < -0.39 is 5.91 Å². The predicted molar refractivity (Wildman–Crippen MR) is 97.6 cm³/mol. The van der Waals surface area contributed by atoms with Crippen LogP contribution in [0.2, 0.25) is 0 Å². The molecule has 0 atom stereocenters. The number of rotatable bonds is 7. The Morgan fingerprint density at radius 1 is 1.19 bits per heavy atom. The summed E-state index contributed by atoms with van der Waals surface area (Å²) in [5.41, 5.74) is 3.75. The molecule has 0 spiro atoms. The number of carbonyl (C=O) groups is 2. The molecule has 8 nitrogen and oxygen atoms in total. The van der Waals surface area contributed by atoms with Crippen LogP contribution in [-0.2, 0) is 4.79 Å². The third kappa shape index (κ3) is 5.30. The maximum atomic E-state index is 12.2. The van der Waals surface area contributed by atoms with E-state index in [-0.39, 0.29) is 12.3 Å². The van der Waals surface area contributed by atoms with Crippen LogP contribution < -0.4 is 20.2 Å². The van der Waals surface area contributed by atoms with Gasteiger partial charge < -0.3 is 14.8 Å². The number of benzene rings is 1. The van der Waals surface area contributed by atoms with Gasteiger partial charge in [0.2, 0.25) is 5.91 Å². The highest BCUT2D eigenvalue weighted by atomic mass is 16.5.